The van der Waals surface area contributed by atoms with Gasteiger partial charge in [0.2, 0.25) is 0 Å². The van der Waals surface area contributed by atoms with Gasteiger partial charge in [-0.15, -0.1) is 0 Å². The molecule has 0 aliphatic heterocycles. The van der Waals surface area contributed by atoms with Gasteiger partial charge in [0.15, 0.2) is 0 Å². The van der Waals surface area contributed by atoms with Crippen molar-refractivity contribution in [1.82, 2.24) is 0 Å². The molecule has 1 fully saturated rings. The molecule has 0 radical (unpaired) electrons. The van der Waals surface area contributed by atoms with Crippen molar-refractivity contribution in [3.63, 3.8) is 0 Å². The second-order valence-corrected chi connectivity index (χ2v) is 5.40. The minimum atomic E-state index is -4.41. The highest BCUT2D eigenvalue weighted by molar-refractivity contribution is 9.10. The second-order valence-electron chi connectivity index (χ2n) is 4.55. The Balaban J connectivity index is 2.43. The highest BCUT2D eigenvalue weighted by Crippen LogP contribution is 2.43. The molecule has 0 atom stereocenters. The summed E-state index contributed by atoms with van der Waals surface area (Å²) in [7, 11) is 1.40. The molecule has 1 N–H and O–H groups in total. The fourth-order valence-electron chi connectivity index (χ4n) is 1.85. The van der Waals surface area contributed by atoms with Gasteiger partial charge in [-0.3, -0.25) is 0 Å². The summed E-state index contributed by atoms with van der Waals surface area (Å²) < 4.78 is 43.5. The van der Waals surface area contributed by atoms with Crippen molar-refractivity contribution in [2.75, 3.05) is 7.11 Å². The lowest BCUT2D eigenvalue weighted by Crippen LogP contribution is -2.14. The zero-order valence-corrected chi connectivity index (χ0v) is 11.2. The van der Waals surface area contributed by atoms with Crippen molar-refractivity contribution in [3.8, 4) is 5.75 Å². The van der Waals surface area contributed by atoms with Gasteiger partial charge in [-0.1, -0.05) is 0 Å². The van der Waals surface area contributed by atoms with Gasteiger partial charge in [-0.2, -0.15) is 13.2 Å². The van der Waals surface area contributed by atoms with Crippen molar-refractivity contribution in [1.29, 1.82) is 0 Å². The molecule has 0 aromatic heterocycles. The monoisotopic (exact) mass is 324 g/mol. The van der Waals surface area contributed by atoms with Crippen LogP contribution in [0.5, 0.6) is 5.75 Å². The molecule has 0 amide bonds. The third-order valence-electron chi connectivity index (χ3n) is 3.00. The first-order chi connectivity index (χ1) is 8.25. The molecule has 2 nitrogen and oxygen atoms in total. The summed E-state index contributed by atoms with van der Waals surface area (Å²) in [5.74, 6) is 0.350. The number of halogens is 4. The van der Waals surface area contributed by atoms with Crippen LogP contribution in [0.25, 0.3) is 0 Å². The minimum absolute atomic E-state index is 0.179. The lowest BCUT2D eigenvalue weighted by Gasteiger charge is -2.16. The first-order valence-corrected chi connectivity index (χ1v) is 6.20. The maximum atomic E-state index is 12.7. The van der Waals surface area contributed by atoms with Gasteiger partial charge in [0.25, 0.3) is 0 Å². The molecule has 1 saturated carbocycles. The van der Waals surface area contributed by atoms with Gasteiger partial charge in [-0.05, 0) is 46.5 Å². The fraction of sp³-hybridized carbons (Fsp3) is 0.500. The Morgan fingerprint density at radius 2 is 2.00 bits per heavy atom. The molecule has 1 aliphatic rings. The predicted octanol–water partition coefficient (Wildman–Crippen LogP) is 3.54. The Kier molecular flexibility index (Phi) is 3.36. The summed E-state index contributed by atoms with van der Waals surface area (Å²) in [4.78, 5) is 0. The van der Waals surface area contributed by atoms with E-state index >= 15 is 0 Å². The molecule has 1 aromatic carbocycles. The fourth-order valence-corrected chi connectivity index (χ4v) is 2.51. The Labute approximate surface area is 111 Å². The quantitative estimate of drug-likeness (QED) is 0.921. The molecule has 0 heterocycles. The minimum Gasteiger partial charge on any atom is -0.495 e. The Morgan fingerprint density at radius 3 is 2.44 bits per heavy atom. The molecule has 0 saturated heterocycles. The predicted molar refractivity (Wildman–Crippen MR) is 63.6 cm³/mol. The molecule has 100 valence electrons. The van der Waals surface area contributed by atoms with E-state index in [-0.39, 0.29) is 10.9 Å². The van der Waals surface area contributed by atoms with Crippen LogP contribution >= 0.6 is 15.9 Å². The number of aliphatic hydroxyl groups is 1. The molecule has 1 aliphatic carbocycles. The van der Waals surface area contributed by atoms with Crippen LogP contribution in [0.1, 0.15) is 24.0 Å². The van der Waals surface area contributed by atoms with E-state index in [9.17, 15) is 18.3 Å². The average Bonchev–Trinajstić information content (AvgIpc) is 2.94. The normalized spacial score (nSPS) is 17.7. The smallest absolute Gasteiger partial charge is 0.416 e. The molecule has 6 heteroatoms. The molecular weight excluding hydrogens is 313 g/mol. The van der Waals surface area contributed by atoms with E-state index in [1.807, 2.05) is 0 Å². The number of hydrogen-bond acceptors (Lipinski definition) is 2. The van der Waals surface area contributed by atoms with Crippen LogP contribution in [0.3, 0.4) is 0 Å². The SMILES string of the molecule is COc1c(Br)cc(C(F)(F)F)cc1CC1(O)CC1. The largest absolute Gasteiger partial charge is 0.495 e. The van der Waals surface area contributed by atoms with Crippen LogP contribution < -0.4 is 4.74 Å². The topological polar surface area (TPSA) is 29.5 Å². The standard InChI is InChI=1S/C12H12BrF3O2/c1-18-10-7(6-11(17)2-3-11)4-8(5-9(10)13)12(14,15)16/h4-5,17H,2-3,6H2,1H3. The lowest BCUT2D eigenvalue weighted by molar-refractivity contribution is -0.137. The van der Waals surface area contributed by atoms with Crippen molar-refractivity contribution in [2.24, 2.45) is 0 Å². The number of methoxy groups -OCH3 is 1. The molecule has 2 rings (SSSR count). The number of ether oxygens (including phenoxy) is 1. The van der Waals surface area contributed by atoms with Gasteiger partial charge in [0.05, 0.1) is 22.7 Å². The maximum Gasteiger partial charge on any atom is 0.416 e. The van der Waals surface area contributed by atoms with Crippen LogP contribution in [0.4, 0.5) is 13.2 Å². The van der Waals surface area contributed by atoms with Crippen molar-refractivity contribution >= 4 is 15.9 Å². The molecule has 0 bridgehead atoms. The summed E-state index contributed by atoms with van der Waals surface area (Å²) >= 11 is 3.07. The number of hydrogen-bond donors (Lipinski definition) is 1. The molecule has 0 unspecified atom stereocenters. The molecular formula is C12H12BrF3O2. The summed E-state index contributed by atoms with van der Waals surface area (Å²) in [6.45, 7) is 0. The van der Waals surface area contributed by atoms with Crippen LogP contribution in [-0.2, 0) is 12.6 Å². The Bertz CT molecular complexity index is 467. The van der Waals surface area contributed by atoms with E-state index in [1.54, 1.807) is 0 Å². The van der Waals surface area contributed by atoms with E-state index < -0.39 is 17.3 Å². The van der Waals surface area contributed by atoms with Crippen LogP contribution in [0.15, 0.2) is 16.6 Å². The van der Waals surface area contributed by atoms with Crippen LogP contribution in [0.2, 0.25) is 0 Å². The van der Waals surface area contributed by atoms with E-state index in [0.29, 0.717) is 24.2 Å². The van der Waals surface area contributed by atoms with Crippen molar-refractivity contribution in [3.05, 3.63) is 27.7 Å². The summed E-state index contributed by atoms with van der Waals surface area (Å²) in [6.07, 6.45) is -3.00. The van der Waals surface area contributed by atoms with Crippen molar-refractivity contribution < 1.29 is 23.0 Å². The first kappa shape index (κ1) is 13.7. The van der Waals surface area contributed by atoms with Gasteiger partial charge >= 0.3 is 6.18 Å². The summed E-state index contributed by atoms with van der Waals surface area (Å²) in [5, 5.41) is 9.83. The summed E-state index contributed by atoms with van der Waals surface area (Å²) in [6, 6.07) is 2.03. The third-order valence-corrected chi connectivity index (χ3v) is 3.59. The van der Waals surface area contributed by atoms with Crippen molar-refractivity contribution in [2.45, 2.75) is 31.0 Å². The maximum absolute atomic E-state index is 12.7. The lowest BCUT2D eigenvalue weighted by atomic mass is 10.0. The number of alkyl halides is 3. The average molecular weight is 325 g/mol. The van der Waals surface area contributed by atoms with E-state index in [2.05, 4.69) is 15.9 Å². The Morgan fingerprint density at radius 1 is 1.39 bits per heavy atom. The van der Waals surface area contributed by atoms with Gasteiger partial charge in [0.1, 0.15) is 5.75 Å². The van der Waals surface area contributed by atoms with Crippen LogP contribution in [0, 0.1) is 0 Å². The number of benzene rings is 1. The zero-order valence-electron chi connectivity index (χ0n) is 9.64. The third kappa shape index (κ3) is 2.80. The van der Waals surface area contributed by atoms with Gasteiger partial charge in [-0.25, -0.2) is 0 Å². The zero-order chi connectivity index (χ0) is 13.6. The summed E-state index contributed by atoms with van der Waals surface area (Å²) in [5.41, 5.74) is -1.23. The first-order valence-electron chi connectivity index (χ1n) is 5.41. The van der Waals surface area contributed by atoms with Crippen LogP contribution in [-0.4, -0.2) is 17.8 Å². The highest BCUT2D eigenvalue weighted by Gasteiger charge is 2.42. The van der Waals surface area contributed by atoms with Gasteiger partial charge in [0, 0.05) is 6.42 Å². The Hall–Kier alpha value is -0.750. The molecule has 1 aromatic rings. The molecule has 0 spiro atoms. The number of rotatable bonds is 3. The highest BCUT2D eigenvalue weighted by atomic mass is 79.9. The van der Waals surface area contributed by atoms with Gasteiger partial charge < -0.3 is 9.84 Å². The molecule has 18 heavy (non-hydrogen) atoms. The van der Waals surface area contributed by atoms with E-state index in [0.717, 1.165) is 12.1 Å². The van der Waals surface area contributed by atoms with E-state index in [4.69, 9.17) is 4.74 Å². The van der Waals surface area contributed by atoms with E-state index in [1.165, 1.54) is 7.11 Å². The second kappa shape index (κ2) is 4.42.